The molecule has 1 N–H and O–H groups in total. The predicted molar refractivity (Wildman–Crippen MR) is 123 cm³/mol. The summed E-state index contributed by atoms with van der Waals surface area (Å²) < 4.78 is 1.99. The molecule has 3 aromatic carbocycles. The van der Waals surface area contributed by atoms with E-state index >= 15 is 0 Å². The molecule has 0 aliphatic carbocycles. The minimum atomic E-state index is -0.122. The summed E-state index contributed by atoms with van der Waals surface area (Å²) in [7, 11) is 0. The molecule has 6 heteroatoms. The molecular weight excluding hydrogens is 414 g/mol. The van der Waals surface area contributed by atoms with Crippen molar-refractivity contribution < 1.29 is 4.79 Å². The number of rotatable bonds is 7. The number of amides is 1. The van der Waals surface area contributed by atoms with Crippen LogP contribution in [0.4, 0.5) is 5.69 Å². The number of thioether (sulfide) groups is 1. The average Bonchev–Trinajstić information content (AvgIpc) is 3.28. The van der Waals surface area contributed by atoms with Crippen LogP contribution in [0.1, 0.15) is 21.5 Å². The van der Waals surface area contributed by atoms with Crippen molar-refractivity contribution in [2.75, 3.05) is 5.32 Å². The molecule has 0 unspecified atom stereocenters. The highest BCUT2D eigenvalue weighted by molar-refractivity contribution is 7.98. The van der Waals surface area contributed by atoms with E-state index in [-0.39, 0.29) is 5.91 Å². The molecule has 0 atom stereocenters. The topological polar surface area (TPSA) is 46.9 Å². The number of imidazole rings is 1. The van der Waals surface area contributed by atoms with Gasteiger partial charge in [-0.1, -0.05) is 48.0 Å². The Morgan fingerprint density at radius 1 is 0.967 bits per heavy atom. The average molecular weight is 434 g/mol. The van der Waals surface area contributed by atoms with Gasteiger partial charge in [-0.15, -0.1) is 11.8 Å². The van der Waals surface area contributed by atoms with Gasteiger partial charge in [-0.3, -0.25) is 4.79 Å². The van der Waals surface area contributed by atoms with Gasteiger partial charge in [0.1, 0.15) is 0 Å². The van der Waals surface area contributed by atoms with Crippen molar-refractivity contribution in [3.05, 3.63) is 113 Å². The highest BCUT2D eigenvalue weighted by atomic mass is 35.5. The smallest absolute Gasteiger partial charge is 0.255 e. The number of carbonyl (C=O) groups is 1. The maximum Gasteiger partial charge on any atom is 0.255 e. The molecule has 0 aliphatic heterocycles. The third kappa shape index (κ3) is 5.32. The predicted octanol–water partition coefficient (Wildman–Crippen LogP) is 6.13. The van der Waals surface area contributed by atoms with E-state index in [0.29, 0.717) is 5.56 Å². The number of halogens is 1. The van der Waals surface area contributed by atoms with Gasteiger partial charge in [0.25, 0.3) is 5.91 Å². The fourth-order valence-corrected chi connectivity index (χ4v) is 4.07. The lowest BCUT2D eigenvalue weighted by molar-refractivity contribution is 0.102. The minimum Gasteiger partial charge on any atom is -0.333 e. The number of carbonyl (C=O) groups excluding carboxylic acids is 1. The van der Waals surface area contributed by atoms with Crippen LogP contribution in [0.5, 0.6) is 0 Å². The molecule has 30 heavy (non-hydrogen) atoms. The SMILES string of the molecule is O=C(Nc1ccccc1SCc1ccc(Cl)cc1)c1ccc(Cn2ccnc2)cc1. The van der Waals surface area contributed by atoms with Crippen LogP contribution in [0.25, 0.3) is 0 Å². The molecular formula is C24H20ClN3OS. The Kier molecular flexibility index (Phi) is 6.52. The lowest BCUT2D eigenvalue weighted by Crippen LogP contribution is -2.12. The van der Waals surface area contributed by atoms with Gasteiger partial charge in [-0.05, 0) is 47.5 Å². The number of hydrogen-bond acceptors (Lipinski definition) is 3. The number of nitrogens with zero attached hydrogens (tertiary/aromatic N) is 2. The summed E-state index contributed by atoms with van der Waals surface area (Å²) >= 11 is 7.64. The molecule has 1 heterocycles. The van der Waals surface area contributed by atoms with Crippen molar-refractivity contribution in [1.29, 1.82) is 0 Å². The fraction of sp³-hybridized carbons (Fsp3) is 0.0833. The van der Waals surface area contributed by atoms with Gasteiger partial charge in [0.05, 0.1) is 12.0 Å². The molecule has 4 aromatic rings. The maximum absolute atomic E-state index is 12.8. The fourth-order valence-electron chi connectivity index (χ4n) is 2.98. The molecule has 4 nitrogen and oxygen atoms in total. The van der Waals surface area contributed by atoms with E-state index in [1.165, 1.54) is 5.56 Å². The second-order valence-corrected chi connectivity index (χ2v) is 8.25. The number of nitrogens with one attached hydrogen (secondary N) is 1. The second-order valence-electron chi connectivity index (χ2n) is 6.80. The molecule has 0 bridgehead atoms. The normalized spacial score (nSPS) is 10.7. The molecule has 0 saturated carbocycles. The Bertz CT molecular complexity index is 1110. The molecule has 0 radical (unpaired) electrons. The van der Waals surface area contributed by atoms with E-state index in [2.05, 4.69) is 10.3 Å². The number of anilines is 1. The van der Waals surface area contributed by atoms with Crippen molar-refractivity contribution in [3.63, 3.8) is 0 Å². The third-order valence-electron chi connectivity index (χ3n) is 4.58. The highest BCUT2D eigenvalue weighted by Crippen LogP contribution is 2.30. The second kappa shape index (κ2) is 9.65. The van der Waals surface area contributed by atoms with Crippen LogP contribution in [0.2, 0.25) is 5.02 Å². The van der Waals surface area contributed by atoms with Gasteiger partial charge < -0.3 is 9.88 Å². The van der Waals surface area contributed by atoms with Gasteiger partial charge in [-0.2, -0.15) is 0 Å². The summed E-state index contributed by atoms with van der Waals surface area (Å²) in [6.45, 7) is 0.728. The number of hydrogen-bond donors (Lipinski definition) is 1. The quantitative estimate of drug-likeness (QED) is 0.356. The van der Waals surface area contributed by atoms with Crippen molar-refractivity contribution in [2.45, 2.75) is 17.2 Å². The first-order chi connectivity index (χ1) is 14.7. The lowest BCUT2D eigenvalue weighted by Gasteiger charge is -2.11. The van der Waals surface area contributed by atoms with E-state index in [0.717, 1.165) is 33.5 Å². The number of aromatic nitrogens is 2. The molecule has 4 rings (SSSR count). The first-order valence-electron chi connectivity index (χ1n) is 9.50. The Labute approximate surface area is 184 Å². The van der Waals surface area contributed by atoms with Crippen molar-refractivity contribution >= 4 is 35.0 Å². The van der Waals surface area contributed by atoms with Crippen LogP contribution >= 0.6 is 23.4 Å². The molecule has 0 aliphatic rings. The van der Waals surface area contributed by atoms with Gasteiger partial charge in [0, 0.05) is 40.2 Å². The molecule has 0 fully saturated rings. The van der Waals surface area contributed by atoms with E-state index < -0.39 is 0 Å². The van der Waals surface area contributed by atoms with Crippen LogP contribution < -0.4 is 5.32 Å². The van der Waals surface area contributed by atoms with E-state index in [1.54, 1.807) is 24.3 Å². The van der Waals surface area contributed by atoms with Crippen molar-refractivity contribution in [2.24, 2.45) is 0 Å². The Hall–Kier alpha value is -3.02. The first-order valence-corrected chi connectivity index (χ1v) is 10.9. The van der Waals surface area contributed by atoms with Gasteiger partial charge in [0.15, 0.2) is 0 Å². The lowest BCUT2D eigenvalue weighted by atomic mass is 10.1. The number of para-hydroxylation sites is 1. The summed E-state index contributed by atoms with van der Waals surface area (Å²) in [6, 6.07) is 23.3. The highest BCUT2D eigenvalue weighted by Gasteiger charge is 2.10. The van der Waals surface area contributed by atoms with Crippen LogP contribution in [-0.4, -0.2) is 15.5 Å². The Balaban J connectivity index is 1.41. The zero-order valence-corrected chi connectivity index (χ0v) is 17.7. The summed E-state index contributed by atoms with van der Waals surface area (Å²) in [5.41, 5.74) is 3.73. The molecule has 1 aromatic heterocycles. The van der Waals surface area contributed by atoms with Crippen LogP contribution in [0.3, 0.4) is 0 Å². The monoisotopic (exact) mass is 433 g/mol. The van der Waals surface area contributed by atoms with E-state index in [1.807, 2.05) is 83.6 Å². The van der Waals surface area contributed by atoms with Crippen molar-refractivity contribution in [1.82, 2.24) is 9.55 Å². The molecule has 0 spiro atoms. The van der Waals surface area contributed by atoms with Gasteiger partial charge in [-0.25, -0.2) is 4.98 Å². The number of benzene rings is 3. The van der Waals surface area contributed by atoms with Crippen LogP contribution in [0, 0.1) is 0 Å². The molecule has 0 saturated heterocycles. The zero-order chi connectivity index (χ0) is 20.8. The standard InChI is InChI=1S/C24H20ClN3OS/c25-21-11-7-19(8-12-21)16-30-23-4-2-1-3-22(23)27-24(29)20-9-5-18(6-10-20)15-28-14-13-26-17-28/h1-14,17H,15-16H2,(H,27,29). The van der Waals surface area contributed by atoms with Crippen LogP contribution in [-0.2, 0) is 12.3 Å². The zero-order valence-electron chi connectivity index (χ0n) is 16.2. The Morgan fingerprint density at radius 2 is 1.70 bits per heavy atom. The minimum absolute atomic E-state index is 0.122. The van der Waals surface area contributed by atoms with E-state index in [4.69, 9.17) is 11.6 Å². The summed E-state index contributed by atoms with van der Waals surface area (Å²) in [6.07, 6.45) is 5.45. The Morgan fingerprint density at radius 3 is 2.43 bits per heavy atom. The first kappa shape index (κ1) is 20.3. The van der Waals surface area contributed by atoms with Gasteiger partial charge in [0.2, 0.25) is 0 Å². The maximum atomic E-state index is 12.8. The van der Waals surface area contributed by atoms with Crippen LogP contribution in [0.15, 0.2) is 96.4 Å². The van der Waals surface area contributed by atoms with E-state index in [9.17, 15) is 4.79 Å². The summed E-state index contributed by atoms with van der Waals surface area (Å²) in [5, 5.41) is 3.77. The molecule has 150 valence electrons. The molecule has 1 amide bonds. The summed E-state index contributed by atoms with van der Waals surface area (Å²) in [5.74, 6) is 0.677. The largest absolute Gasteiger partial charge is 0.333 e. The summed E-state index contributed by atoms with van der Waals surface area (Å²) in [4.78, 5) is 17.8. The van der Waals surface area contributed by atoms with Gasteiger partial charge >= 0.3 is 0 Å². The van der Waals surface area contributed by atoms with Crippen molar-refractivity contribution in [3.8, 4) is 0 Å². The third-order valence-corrected chi connectivity index (χ3v) is 5.98.